The molecule has 0 bridgehead atoms. The van der Waals surface area contributed by atoms with Gasteiger partial charge in [-0.25, -0.2) is 9.97 Å². The molecule has 1 aromatic heterocycles. The Morgan fingerprint density at radius 3 is 2.68 bits per heavy atom. The van der Waals surface area contributed by atoms with E-state index in [9.17, 15) is 0 Å². The molecule has 3 nitrogen and oxygen atoms in total. The number of rotatable bonds is 3. The molecule has 2 aliphatic rings. The second-order valence-corrected chi connectivity index (χ2v) is 6.70. The van der Waals surface area contributed by atoms with E-state index in [1.807, 2.05) is 0 Å². The number of nitrogens with zero attached hydrogens (tertiary/aromatic N) is 2. The number of ether oxygens (including phenoxy) is 1. The van der Waals surface area contributed by atoms with Gasteiger partial charge >= 0.3 is 0 Å². The van der Waals surface area contributed by atoms with Crippen LogP contribution in [-0.2, 0) is 11.2 Å². The maximum atomic E-state index is 6.25. The first-order valence-corrected chi connectivity index (χ1v) is 8.20. The van der Waals surface area contributed by atoms with Crippen molar-refractivity contribution in [1.29, 1.82) is 0 Å². The van der Waals surface area contributed by atoms with E-state index in [0.29, 0.717) is 17.0 Å². The minimum Gasteiger partial charge on any atom is -0.381 e. The Kier molecular flexibility index (Phi) is 4.40. The molecule has 0 aromatic carbocycles. The van der Waals surface area contributed by atoms with E-state index >= 15 is 0 Å². The van der Waals surface area contributed by atoms with E-state index in [1.54, 1.807) is 0 Å². The largest absolute Gasteiger partial charge is 0.381 e. The summed E-state index contributed by atoms with van der Waals surface area (Å²) in [5, 5.41) is 0.561. The Hall–Kier alpha value is -0.190. The molecular formula is C14H18BrClN2O. The van der Waals surface area contributed by atoms with Crippen LogP contribution < -0.4 is 0 Å². The summed E-state index contributed by atoms with van der Waals surface area (Å²) in [6.07, 6.45) is 7.02. The minimum atomic E-state index is 0.549. The second-order valence-electron chi connectivity index (χ2n) is 5.54. The molecule has 19 heavy (non-hydrogen) atoms. The van der Waals surface area contributed by atoms with E-state index in [-0.39, 0.29) is 0 Å². The normalized spacial score (nSPS) is 24.2. The van der Waals surface area contributed by atoms with E-state index in [2.05, 4.69) is 20.9 Å². The highest BCUT2D eigenvalue weighted by atomic mass is 79.9. The molecule has 0 amide bonds. The summed E-state index contributed by atoms with van der Waals surface area (Å²) in [6.45, 7) is 1.69. The van der Waals surface area contributed by atoms with Crippen LogP contribution in [0.15, 0.2) is 4.47 Å². The maximum absolute atomic E-state index is 6.25. The zero-order chi connectivity index (χ0) is 13.2. The Morgan fingerprint density at radius 2 is 2.00 bits per heavy atom. The predicted molar refractivity (Wildman–Crippen MR) is 78.6 cm³/mol. The van der Waals surface area contributed by atoms with Crippen molar-refractivity contribution in [3.05, 3.63) is 21.1 Å². The van der Waals surface area contributed by atoms with Crippen molar-refractivity contribution in [3.63, 3.8) is 0 Å². The zero-order valence-corrected chi connectivity index (χ0v) is 13.2. The third-order valence-corrected chi connectivity index (χ3v) is 5.40. The Morgan fingerprint density at radius 1 is 1.21 bits per heavy atom. The molecule has 3 rings (SSSR count). The van der Waals surface area contributed by atoms with Crippen LogP contribution in [-0.4, -0.2) is 23.2 Å². The predicted octanol–water partition coefficient (Wildman–Crippen LogP) is 4.13. The lowest BCUT2D eigenvalue weighted by molar-refractivity contribution is 0.185. The van der Waals surface area contributed by atoms with Crippen molar-refractivity contribution >= 4 is 27.5 Å². The fourth-order valence-electron chi connectivity index (χ4n) is 3.04. The van der Waals surface area contributed by atoms with Gasteiger partial charge in [-0.1, -0.05) is 24.4 Å². The van der Waals surface area contributed by atoms with Crippen molar-refractivity contribution < 1.29 is 4.74 Å². The first-order chi connectivity index (χ1) is 9.24. The molecule has 2 fully saturated rings. The smallest absolute Gasteiger partial charge is 0.147 e. The van der Waals surface area contributed by atoms with Crippen molar-refractivity contribution in [2.75, 3.05) is 13.2 Å². The van der Waals surface area contributed by atoms with Crippen LogP contribution in [0.5, 0.6) is 0 Å². The maximum Gasteiger partial charge on any atom is 0.147 e. The van der Waals surface area contributed by atoms with Crippen molar-refractivity contribution in [2.24, 2.45) is 5.92 Å². The Labute approximate surface area is 127 Å². The molecule has 1 saturated heterocycles. The van der Waals surface area contributed by atoms with Gasteiger partial charge in [-0.15, -0.1) is 0 Å². The zero-order valence-electron chi connectivity index (χ0n) is 10.9. The highest BCUT2D eigenvalue weighted by Crippen LogP contribution is 2.38. The first-order valence-electron chi connectivity index (χ1n) is 7.03. The summed E-state index contributed by atoms with van der Waals surface area (Å²) < 4.78 is 6.31. The Bertz CT molecular complexity index is 457. The fourth-order valence-corrected chi connectivity index (χ4v) is 3.74. The minimum absolute atomic E-state index is 0.549. The second kappa shape index (κ2) is 6.06. The summed E-state index contributed by atoms with van der Waals surface area (Å²) in [5.41, 5.74) is 1.12. The first kappa shape index (κ1) is 13.8. The third kappa shape index (κ3) is 3.11. The van der Waals surface area contributed by atoms with Crippen LogP contribution in [0, 0.1) is 5.92 Å². The average molecular weight is 346 g/mol. The molecular weight excluding hydrogens is 328 g/mol. The van der Waals surface area contributed by atoms with Gasteiger partial charge in [0, 0.05) is 25.6 Å². The topological polar surface area (TPSA) is 35.0 Å². The molecule has 0 spiro atoms. The third-order valence-electron chi connectivity index (χ3n) is 4.12. The summed E-state index contributed by atoms with van der Waals surface area (Å²) >= 11 is 9.81. The standard InChI is InChI=1S/C14H18BrClN2O/c15-12-13(10-3-1-2-4-10)17-11(18-14(12)16)7-9-5-6-19-8-9/h9-10H,1-8H2. The van der Waals surface area contributed by atoms with Gasteiger partial charge in [0.2, 0.25) is 0 Å². The molecule has 2 heterocycles. The molecule has 1 aromatic rings. The van der Waals surface area contributed by atoms with Gasteiger partial charge in [-0.2, -0.15) is 0 Å². The van der Waals surface area contributed by atoms with Crippen LogP contribution in [0.4, 0.5) is 0 Å². The van der Waals surface area contributed by atoms with E-state index < -0.39 is 0 Å². The lowest BCUT2D eigenvalue weighted by Crippen LogP contribution is -2.10. The number of halogens is 2. The number of aromatic nitrogens is 2. The van der Waals surface area contributed by atoms with Gasteiger partial charge in [0.15, 0.2) is 0 Å². The van der Waals surface area contributed by atoms with Crippen LogP contribution in [0.3, 0.4) is 0 Å². The molecule has 0 N–H and O–H groups in total. The lowest BCUT2D eigenvalue weighted by Gasteiger charge is -2.14. The van der Waals surface area contributed by atoms with Gasteiger partial charge in [0.1, 0.15) is 11.0 Å². The summed E-state index contributed by atoms with van der Waals surface area (Å²) in [7, 11) is 0. The summed E-state index contributed by atoms with van der Waals surface area (Å²) in [4.78, 5) is 9.20. The van der Waals surface area contributed by atoms with Crippen LogP contribution >= 0.6 is 27.5 Å². The SMILES string of the molecule is Clc1nc(CC2CCOC2)nc(C2CCCC2)c1Br. The lowest BCUT2D eigenvalue weighted by atomic mass is 10.0. The van der Waals surface area contributed by atoms with Gasteiger partial charge in [0.05, 0.1) is 10.2 Å². The highest BCUT2D eigenvalue weighted by Gasteiger charge is 2.25. The van der Waals surface area contributed by atoms with Crippen LogP contribution in [0.25, 0.3) is 0 Å². The molecule has 5 heteroatoms. The fraction of sp³-hybridized carbons (Fsp3) is 0.714. The van der Waals surface area contributed by atoms with Gasteiger partial charge in [0.25, 0.3) is 0 Å². The summed E-state index contributed by atoms with van der Waals surface area (Å²) in [6, 6.07) is 0. The van der Waals surface area contributed by atoms with Crippen molar-refractivity contribution in [3.8, 4) is 0 Å². The van der Waals surface area contributed by atoms with E-state index in [0.717, 1.165) is 42.0 Å². The van der Waals surface area contributed by atoms with Gasteiger partial charge in [-0.05, 0) is 41.1 Å². The quantitative estimate of drug-likeness (QED) is 0.773. The highest BCUT2D eigenvalue weighted by molar-refractivity contribution is 9.10. The molecule has 1 atom stereocenters. The van der Waals surface area contributed by atoms with Crippen LogP contribution in [0.1, 0.15) is 49.5 Å². The van der Waals surface area contributed by atoms with Gasteiger partial charge in [-0.3, -0.25) is 0 Å². The van der Waals surface area contributed by atoms with Crippen molar-refractivity contribution in [1.82, 2.24) is 9.97 Å². The average Bonchev–Trinajstić information content (AvgIpc) is 3.06. The molecule has 104 valence electrons. The molecule has 1 aliphatic carbocycles. The molecule has 1 saturated carbocycles. The monoisotopic (exact) mass is 344 g/mol. The van der Waals surface area contributed by atoms with Crippen molar-refractivity contribution in [2.45, 2.75) is 44.4 Å². The Balaban J connectivity index is 1.83. The number of hydrogen-bond acceptors (Lipinski definition) is 3. The summed E-state index contributed by atoms with van der Waals surface area (Å²) in [5.74, 6) is 1.98. The molecule has 0 radical (unpaired) electrons. The van der Waals surface area contributed by atoms with Crippen LogP contribution in [0.2, 0.25) is 5.15 Å². The number of hydrogen-bond donors (Lipinski definition) is 0. The molecule has 1 unspecified atom stereocenters. The molecule has 1 aliphatic heterocycles. The van der Waals surface area contributed by atoms with E-state index in [1.165, 1.54) is 25.7 Å². The van der Waals surface area contributed by atoms with Gasteiger partial charge < -0.3 is 4.74 Å². The van der Waals surface area contributed by atoms with E-state index in [4.69, 9.17) is 21.3 Å².